The van der Waals surface area contributed by atoms with Crippen LogP contribution in [0.4, 0.5) is 23.7 Å². The van der Waals surface area contributed by atoms with Gasteiger partial charge >= 0.3 is 12.3 Å². The van der Waals surface area contributed by atoms with E-state index in [9.17, 15) is 22.8 Å². The van der Waals surface area contributed by atoms with Crippen molar-refractivity contribution in [1.82, 2.24) is 5.32 Å². The zero-order valence-electron chi connectivity index (χ0n) is 14.0. The van der Waals surface area contributed by atoms with Gasteiger partial charge in [0, 0.05) is 18.7 Å². The Morgan fingerprint density at radius 1 is 1.17 bits per heavy atom. The fourth-order valence-corrected chi connectivity index (χ4v) is 1.82. The second kappa shape index (κ2) is 7.55. The van der Waals surface area contributed by atoms with E-state index in [1.165, 1.54) is 19.1 Å². The lowest BCUT2D eigenvalue weighted by atomic mass is 10.1. The summed E-state index contributed by atoms with van der Waals surface area (Å²) in [5, 5.41) is 4.77. The number of carbonyl (C=O) groups is 2. The third-order valence-corrected chi connectivity index (χ3v) is 2.85. The molecule has 5 nitrogen and oxygen atoms in total. The molecule has 134 valence electrons. The highest BCUT2D eigenvalue weighted by atomic mass is 19.4. The third kappa shape index (κ3) is 6.89. The smallest absolute Gasteiger partial charge is 0.416 e. The molecule has 2 N–H and O–H groups in total. The third-order valence-electron chi connectivity index (χ3n) is 2.85. The highest BCUT2D eigenvalue weighted by molar-refractivity contribution is 5.91. The Kier molecular flexibility index (Phi) is 6.22. The molecule has 0 aliphatic rings. The largest absolute Gasteiger partial charge is 0.444 e. The molecule has 0 atom stereocenters. The molecule has 24 heavy (non-hydrogen) atoms. The molecule has 0 fully saturated rings. The first-order valence-electron chi connectivity index (χ1n) is 7.33. The van der Waals surface area contributed by atoms with Crippen LogP contribution in [0.15, 0.2) is 18.2 Å². The Hall–Kier alpha value is -2.25. The first-order chi connectivity index (χ1) is 10.9. The number of ether oxygens (including phenoxy) is 1. The van der Waals surface area contributed by atoms with Gasteiger partial charge in [-0.15, -0.1) is 0 Å². The monoisotopic (exact) mass is 346 g/mol. The molecule has 1 aromatic carbocycles. The summed E-state index contributed by atoms with van der Waals surface area (Å²) >= 11 is 0. The number of anilines is 1. The lowest BCUT2D eigenvalue weighted by Crippen LogP contribution is -2.34. The Morgan fingerprint density at radius 3 is 2.33 bits per heavy atom. The van der Waals surface area contributed by atoms with Crippen LogP contribution in [0, 0.1) is 6.92 Å². The molecule has 0 aromatic heterocycles. The van der Waals surface area contributed by atoms with Crippen molar-refractivity contribution in [2.75, 3.05) is 11.9 Å². The predicted molar refractivity (Wildman–Crippen MR) is 83.7 cm³/mol. The molecule has 0 aliphatic heterocycles. The first kappa shape index (κ1) is 19.8. The normalized spacial score (nSPS) is 11.8. The van der Waals surface area contributed by atoms with Crippen LogP contribution in [-0.2, 0) is 15.7 Å². The summed E-state index contributed by atoms with van der Waals surface area (Å²) in [6.45, 7) is 6.47. The van der Waals surface area contributed by atoms with Crippen molar-refractivity contribution in [1.29, 1.82) is 0 Å². The van der Waals surface area contributed by atoms with Gasteiger partial charge in [-0.3, -0.25) is 4.79 Å². The molecule has 0 heterocycles. The van der Waals surface area contributed by atoms with Crippen LogP contribution < -0.4 is 10.6 Å². The fraction of sp³-hybridized carbons (Fsp3) is 0.500. The number of halogens is 3. The van der Waals surface area contributed by atoms with Gasteiger partial charge in [-0.25, -0.2) is 4.79 Å². The van der Waals surface area contributed by atoms with Gasteiger partial charge in [-0.1, -0.05) is 6.07 Å². The number of amides is 2. The molecule has 0 aliphatic carbocycles. The summed E-state index contributed by atoms with van der Waals surface area (Å²) in [5.41, 5.74) is -1.32. The second-order valence-electron chi connectivity index (χ2n) is 6.25. The minimum Gasteiger partial charge on any atom is -0.444 e. The van der Waals surface area contributed by atoms with E-state index in [0.717, 1.165) is 6.07 Å². The summed E-state index contributed by atoms with van der Waals surface area (Å²) in [5.74, 6) is -0.511. The number of hydrogen-bond donors (Lipinski definition) is 2. The standard InChI is InChI=1S/C16H21F3N2O3/c1-10-5-6-11(9-12(10)16(17,18)19)21-13(22)7-8-20-14(23)24-15(2,3)4/h5-6,9H,7-8H2,1-4H3,(H,20,23)(H,21,22). The number of rotatable bonds is 4. The molecule has 1 aromatic rings. The van der Waals surface area contributed by atoms with Gasteiger partial charge < -0.3 is 15.4 Å². The molecule has 0 radical (unpaired) electrons. The number of benzene rings is 1. The van der Waals surface area contributed by atoms with Gasteiger partial charge in [0.1, 0.15) is 5.60 Å². The molecule has 2 amide bonds. The van der Waals surface area contributed by atoms with Crippen molar-refractivity contribution in [2.45, 2.75) is 45.9 Å². The molecule has 0 spiro atoms. The van der Waals surface area contributed by atoms with Gasteiger partial charge in [-0.05, 0) is 45.4 Å². The Bertz CT molecular complexity index is 608. The summed E-state index contributed by atoms with van der Waals surface area (Å²) in [6, 6.07) is 3.57. The van der Waals surface area contributed by atoms with Crippen LogP contribution in [0.3, 0.4) is 0 Å². The van der Waals surface area contributed by atoms with Crippen molar-refractivity contribution >= 4 is 17.7 Å². The molecule has 1 rings (SSSR count). The van der Waals surface area contributed by atoms with Crippen molar-refractivity contribution in [3.8, 4) is 0 Å². The number of carbonyl (C=O) groups excluding carboxylic acids is 2. The van der Waals surface area contributed by atoms with Crippen LogP contribution in [0.5, 0.6) is 0 Å². The number of alkyl halides is 3. The number of nitrogens with one attached hydrogen (secondary N) is 2. The van der Waals surface area contributed by atoms with Gasteiger partial charge in [0.2, 0.25) is 5.91 Å². The molecule has 8 heteroatoms. The van der Waals surface area contributed by atoms with E-state index in [1.807, 2.05) is 0 Å². The Balaban J connectivity index is 2.53. The van der Waals surface area contributed by atoms with Gasteiger partial charge in [-0.2, -0.15) is 13.2 Å². The van der Waals surface area contributed by atoms with E-state index >= 15 is 0 Å². The zero-order chi connectivity index (χ0) is 18.5. The molecule has 0 bridgehead atoms. The quantitative estimate of drug-likeness (QED) is 0.870. The topological polar surface area (TPSA) is 67.4 Å². The molecule has 0 unspecified atom stereocenters. The van der Waals surface area contributed by atoms with Crippen molar-refractivity contribution in [3.63, 3.8) is 0 Å². The highest BCUT2D eigenvalue weighted by Gasteiger charge is 2.32. The van der Waals surface area contributed by atoms with Crippen LogP contribution >= 0.6 is 0 Å². The minimum atomic E-state index is -4.48. The van der Waals surface area contributed by atoms with Crippen LogP contribution in [0.25, 0.3) is 0 Å². The molecular formula is C16H21F3N2O3. The Labute approximate surface area is 138 Å². The van der Waals surface area contributed by atoms with E-state index in [4.69, 9.17) is 4.74 Å². The van der Waals surface area contributed by atoms with E-state index in [2.05, 4.69) is 10.6 Å². The van der Waals surface area contributed by atoms with Crippen LogP contribution in [0.2, 0.25) is 0 Å². The lowest BCUT2D eigenvalue weighted by Gasteiger charge is -2.19. The fourth-order valence-electron chi connectivity index (χ4n) is 1.82. The Morgan fingerprint density at radius 2 is 1.79 bits per heavy atom. The average Bonchev–Trinajstić information content (AvgIpc) is 2.37. The van der Waals surface area contributed by atoms with Crippen molar-refractivity contribution in [2.24, 2.45) is 0 Å². The molecular weight excluding hydrogens is 325 g/mol. The van der Waals surface area contributed by atoms with Gasteiger partial charge in [0.05, 0.1) is 5.56 Å². The maximum Gasteiger partial charge on any atom is 0.416 e. The minimum absolute atomic E-state index is 0.0126. The van der Waals surface area contributed by atoms with Crippen molar-refractivity contribution < 1.29 is 27.5 Å². The van der Waals surface area contributed by atoms with Gasteiger partial charge in [0.15, 0.2) is 0 Å². The highest BCUT2D eigenvalue weighted by Crippen LogP contribution is 2.33. The lowest BCUT2D eigenvalue weighted by molar-refractivity contribution is -0.138. The zero-order valence-corrected chi connectivity index (χ0v) is 14.0. The van der Waals surface area contributed by atoms with E-state index < -0.39 is 29.3 Å². The average molecular weight is 346 g/mol. The first-order valence-corrected chi connectivity index (χ1v) is 7.33. The van der Waals surface area contributed by atoms with E-state index in [0.29, 0.717) is 0 Å². The second-order valence-corrected chi connectivity index (χ2v) is 6.25. The summed E-state index contributed by atoms with van der Waals surface area (Å²) in [4.78, 5) is 23.1. The van der Waals surface area contributed by atoms with E-state index in [1.54, 1.807) is 20.8 Å². The SMILES string of the molecule is Cc1ccc(NC(=O)CCNC(=O)OC(C)(C)C)cc1C(F)(F)F. The summed E-state index contributed by atoms with van der Waals surface area (Å²) in [7, 11) is 0. The predicted octanol–water partition coefficient (Wildman–Crippen LogP) is 3.87. The number of hydrogen-bond acceptors (Lipinski definition) is 3. The maximum absolute atomic E-state index is 12.8. The molecule has 0 saturated heterocycles. The maximum atomic E-state index is 12.8. The van der Waals surface area contributed by atoms with Crippen LogP contribution in [-0.4, -0.2) is 24.1 Å². The van der Waals surface area contributed by atoms with E-state index in [-0.39, 0.29) is 24.2 Å². The summed E-state index contributed by atoms with van der Waals surface area (Å²) < 4.78 is 43.5. The van der Waals surface area contributed by atoms with Crippen molar-refractivity contribution in [3.05, 3.63) is 29.3 Å². The molecule has 0 saturated carbocycles. The van der Waals surface area contributed by atoms with Crippen LogP contribution in [0.1, 0.15) is 38.3 Å². The summed E-state index contributed by atoms with van der Waals surface area (Å²) in [6.07, 6.45) is -5.23. The van der Waals surface area contributed by atoms with Gasteiger partial charge in [0.25, 0.3) is 0 Å². The number of aryl methyl sites for hydroxylation is 1. The number of alkyl carbamates (subject to hydrolysis) is 1.